The summed E-state index contributed by atoms with van der Waals surface area (Å²) in [5.41, 5.74) is -0.440. The minimum Gasteiger partial charge on any atom is -0.444 e. The minimum atomic E-state index is -0.440. The molecule has 0 saturated carbocycles. The molecular formula is C12H23NO3. The van der Waals surface area contributed by atoms with E-state index in [1.165, 1.54) is 0 Å². The molecule has 1 fully saturated rings. The predicted octanol–water partition coefficient (Wildman–Crippen LogP) is 2.28. The minimum absolute atomic E-state index is 0.128. The van der Waals surface area contributed by atoms with E-state index in [4.69, 9.17) is 9.47 Å². The first kappa shape index (κ1) is 13.3. The maximum absolute atomic E-state index is 11.9. The lowest BCUT2D eigenvalue weighted by Crippen LogP contribution is -2.48. The summed E-state index contributed by atoms with van der Waals surface area (Å²) in [6.07, 6.45) is 0.729. The van der Waals surface area contributed by atoms with Crippen molar-refractivity contribution >= 4 is 6.09 Å². The largest absolute Gasteiger partial charge is 0.444 e. The summed E-state index contributed by atoms with van der Waals surface area (Å²) in [5.74, 6) is 0.464. The highest BCUT2D eigenvalue weighted by Gasteiger charge is 2.31. The normalized spacial score (nSPS) is 26.3. The fourth-order valence-corrected chi connectivity index (χ4v) is 1.79. The average Bonchev–Trinajstić information content (AvgIpc) is 2.15. The highest BCUT2D eigenvalue weighted by atomic mass is 16.6. The summed E-state index contributed by atoms with van der Waals surface area (Å²) in [4.78, 5) is 13.5. The Morgan fingerprint density at radius 3 is 2.56 bits per heavy atom. The van der Waals surface area contributed by atoms with Gasteiger partial charge in [0, 0.05) is 13.7 Å². The Hall–Kier alpha value is -0.770. The van der Waals surface area contributed by atoms with Crippen molar-refractivity contribution in [1.29, 1.82) is 0 Å². The number of nitrogens with zero attached hydrogens (tertiary/aromatic N) is 1. The molecule has 0 radical (unpaired) electrons. The molecule has 1 rings (SSSR count). The van der Waals surface area contributed by atoms with Crippen LogP contribution in [0.25, 0.3) is 0 Å². The van der Waals surface area contributed by atoms with Crippen LogP contribution in [0.2, 0.25) is 0 Å². The van der Waals surface area contributed by atoms with E-state index < -0.39 is 5.60 Å². The van der Waals surface area contributed by atoms with E-state index >= 15 is 0 Å². The summed E-state index contributed by atoms with van der Waals surface area (Å²) in [6, 6.07) is 0.128. The molecule has 0 spiro atoms. The van der Waals surface area contributed by atoms with Crippen LogP contribution in [0.4, 0.5) is 4.79 Å². The molecule has 0 aromatic carbocycles. The van der Waals surface area contributed by atoms with E-state index in [2.05, 4.69) is 6.92 Å². The number of hydrogen-bond acceptors (Lipinski definition) is 3. The first-order valence-corrected chi connectivity index (χ1v) is 5.85. The van der Waals surface area contributed by atoms with Gasteiger partial charge in [-0.15, -0.1) is 0 Å². The van der Waals surface area contributed by atoms with E-state index in [0.717, 1.165) is 13.0 Å². The second-order valence-electron chi connectivity index (χ2n) is 5.50. The molecule has 94 valence electrons. The molecule has 1 aliphatic rings. The van der Waals surface area contributed by atoms with Crippen LogP contribution in [0.1, 0.15) is 34.1 Å². The van der Waals surface area contributed by atoms with Gasteiger partial charge in [0.1, 0.15) is 5.60 Å². The number of carbonyl (C=O) groups is 1. The van der Waals surface area contributed by atoms with Gasteiger partial charge in [0.05, 0.1) is 12.6 Å². The average molecular weight is 229 g/mol. The molecule has 1 amide bonds. The number of rotatable bonds is 1. The van der Waals surface area contributed by atoms with Gasteiger partial charge in [0.2, 0.25) is 0 Å². The van der Waals surface area contributed by atoms with E-state index in [1.807, 2.05) is 20.8 Å². The van der Waals surface area contributed by atoms with Gasteiger partial charge in [-0.05, 0) is 33.1 Å². The highest BCUT2D eigenvalue weighted by molar-refractivity contribution is 5.68. The Morgan fingerprint density at radius 2 is 2.06 bits per heavy atom. The van der Waals surface area contributed by atoms with Gasteiger partial charge < -0.3 is 14.4 Å². The Bertz CT molecular complexity index is 247. The smallest absolute Gasteiger partial charge is 0.410 e. The molecule has 16 heavy (non-hydrogen) atoms. The van der Waals surface area contributed by atoms with Crippen molar-refractivity contribution in [2.45, 2.75) is 45.8 Å². The van der Waals surface area contributed by atoms with Crippen LogP contribution in [-0.2, 0) is 9.47 Å². The molecule has 0 aromatic rings. The predicted molar refractivity (Wildman–Crippen MR) is 62.4 cm³/mol. The standard InChI is InChI=1S/C12H23NO3/c1-9-6-7-15-8-10(9)13(5)11(14)16-12(2,3)4/h9-10H,6-8H2,1-5H3. The van der Waals surface area contributed by atoms with Crippen LogP contribution in [0.5, 0.6) is 0 Å². The maximum Gasteiger partial charge on any atom is 0.410 e. The van der Waals surface area contributed by atoms with E-state index in [9.17, 15) is 4.79 Å². The topological polar surface area (TPSA) is 38.8 Å². The lowest BCUT2D eigenvalue weighted by atomic mass is 9.96. The summed E-state index contributed by atoms with van der Waals surface area (Å²) in [6.45, 7) is 9.17. The lowest BCUT2D eigenvalue weighted by molar-refractivity contribution is -0.0241. The van der Waals surface area contributed by atoms with Gasteiger partial charge >= 0.3 is 6.09 Å². The second-order valence-corrected chi connectivity index (χ2v) is 5.50. The molecule has 1 aliphatic heterocycles. The summed E-state index contributed by atoms with van der Waals surface area (Å²) in [5, 5.41) is 0. The van der Waals surface area contributed by atoms with Gasteiger partial charge in [-0.1, -0.05) is 6.92 Å². The van der Waals surface area contributed by atoms with Gasteiger partial charge in [0.15, 0.2) is 0 Å². The zero-order chi connectivity index (χ0) is 12.3. The van der Waals surface area contributed by atoms with E-state index in [1.54, 1.807) is 11.9 Å². The number of amides is 1. The Morgan fingerprint density at radius 1 is 1.44 bits per heavy atom. The quantitative estimate of drug-likeness (QED) is 0.692. The number of hydrogen-bond donors (Lipinski definition) is 0. The van der Waals surface area contributed by atoms with Crippen molar-refractivity contribution in [3.63, 3.8) is 0 Å². The fourth-order valence-electron chi connectivity index (χ4n) is 1.79. The van der Waals surface area contributed by atoms with E-state index in [-0.39, 0.29) is 12.1 Å². The molecular weight excluding hydrogens is 206 g/mol. The molecule has 0 bridgehead atoms. The van der Waals surface area contributed by atoms with Gasteiger partial charge in [0.25, 0.3) is 0 Å². The number of ether oxygens (including phenoxy) is 2. The van der Waals surface area contributed by atoms with Crippen molar-refractivity contribution in [2.75, 3.05) is 20.3 Å². The van der Waals surface area contributed by atoms with Crippen LogP contribution in [0, 0.1) is 5.92 Å². The van der Waals surface area contributed by atoms with Crippen LogP contribution in [0.3, 0.4) is 0 Å². The number of likely N-dealkylation sites (N-methyl/N-ethyl adjacent to an activating group) is 1. The lowest BCUT2D eigenvalue weighted by Gasteiger charge is -2.36. The molecule has 2 atom stereocenters. The molecule has 1 saturated heterocycles. The first-order chi connectivity index (χ1) is 7.31. The molecule has 1 heterocycles. The molecule has 2 unspecified atom stereocenters. The monoisotopic (exact) mass is 229 g/mol. The van der Waals surface area contributed by atoms with Crippen molar-refractivity contribution in [3.8, 4) is 0 Å². The maximum atomic E-state index is 11.9. The zero-order valence-electron chi connectivity index (χ0n) is 10.9. The number of carbonyl (C=O) groups excluding carboxylic acids is 1. The summed E-state index contributed by atoms with van der Waals surface area (Å²) in [7, 11) is 1.78. The SMILES string of the molecule is CC1CCOCC1N(C)C(=O)OC(C)(C)C. The van der Waals surface area contributed by atoms with E-state index in [0.29, 0.717) is 12.5 Å². The van der Waals surface area contributed by atoms with Crippen LogP contribution >= 0.6 is 0 Å². The summed E-state index contributed by atoms with van der Waals surface area (Å²) < 4.78 is 10.7. The Kier molecular flexibility index (Phi) is 4.19. The molecule has 4 nitrogen and oxygen atoms in total. The molecule has 4 heteroatoms. The highest BCUT2D eigenvalue weighted by Crippen LogP contribution is 2.21. The van der Waals surface area contributed by atoms with Crippen molar-refractivity contribution in [2.24, 2.45) is 5.92 Å². The van der Waals surface area contributed by atoms with Crippen LogP contribution in [-0.4, -0.2) is 42.9 Å². The van der Waals surface area contributed by atoms with Gasteiger partial charge in [-0.3, -0.25) is 0 Å². The third-order valence-electron chi connectivity index (χ3n) is 2.84. The zero-order valence-corrected chi connectivity index (χ0v) is 10.9. The second kappa shape index (κ2) is 5.04. The molecule has 0 N–H and O–H groups in total. The third-order valence-corrected chi connectivity index (χ3v) is 2.84. The third kappa shape index (κ3) is 3.67. The first-order valence-electron chi connectivity index (χ1n) is 5.85. The summed E-state index contributed by atoms with van der Waals surface area (Å²) >= 11 is 0. The van der Waals surface area contributed by atoms with Crippen molar-refractivity contribution in [3.05, 3.63) is 0 Å². The fraction of sp³-hybridized carbons (Fsp3) is 0.917. The molecule has 0 aliphatic carbocycles. The van der Waals surface area contributed by atoms with Gasteiger partial charge in [-0.2, -0.15) is 0 Å². The molecule has 0 aromatic heterocycles. The van der Waals surface area contributed by atoms with Crippen molar-refractivity contribution in [1.82, 2.24) is 4.90 Å². The Balaban J connectivity index is 2.55. The van der Waals surface area contributed by atoms with Gasteiger partial charge in [-0.25, -0.2) is 4.79 Å². The van der Waals surface area contributed by atoms with Crippen LogP contribution in [0.15, 0.2) is 0 Å². The Labute approximate surface area is 97.9 Å². The van der Waals surface area contributed by atoms with Crippen molar-refractivity contribution < 1.29 is 14.3 Å². The van der Waals surface area contributed by atoms with Crippen LogP contribution < -0.4 is 0 Å².